The van der Waals surface area contributed by atoms with E-state index >= 15 is 0 Å². The van der Waals surface area contributed by atoms with E-state index < -0.39 is 0 Å². The topological polar surface area (TPSA) is 30.5 Å². The van der Waals surface area contributed by atoms with Gasteiger partial charge in [-0.25, -0.2) is 0 Å². The van der Waals surface area contributed by atoms with Gasteiger partial charge in [-0.2, -0.15) is 0 Å². The highest BCUT2D eigenvalue weighted by Gasteiger charge is 2.11. The van der Waals surface area contributed by atoms with Crippen molar-refractivity contribution in [1.82, 2.24) is 5.32 Å². The van der Waals surface area contributed by atoms with Gasteiger partial charge in [0.25, 0.3) is 0 Å². The van der Waals surface area contributed by atoms with Crippen molar-refractivity contribution < 1.29 is 9.47 Å². The second-order valence-corrected chi connectivity index (χ2v) is 5.11. The maximum Gasteiger partial charge on any atom is 0.161 e. The summed E-state index contributed by atoms with van der Waals surface area (Å²) in [6, 6.07) is 6.87. The maximum absolute atomic E-state index is 5.72. The summed E-state index contributed by atoms with van der Waals surface area (Å²) in [7, 11) is 0. The zero-order valence-corrected chi connectivity index (χ0v) is 12.1. The molecule has 3 nitrogen and oxygen atoms in total. The molecule has 3 heteroatoms. The molecule has 1 N–H and O–H groups in total. The molecule has 1 aliphatic heterocycles. The summed E-state index contributed by atoms with van der Waals surface area (Å²) in [5.74, 6) is 1.77. The number of benzene rings is 1. The predicted molar refractivity (Wildman–Crippen MR) is 77.9 cm³/mol. The molecular weight excluding hydrogens is 238 g/mol. The van der Waals surface area contributed by atoms with E-state index in [1.807, 2.05) is 6.07 Å². The number of hydrogen-bond acceptors (Lipinski definition) is 3. The van der Waals surface area contributed by atoms with Crippen LogP contribution in [0.15, 0.2) is 18.2 Å². The predicted octanol–water partition coefficient (Wildman–Crippen LogP) is 3.52. The molecule has 1 atom stereocenters. The van der Waals surface area contributed by atoms with Crippen molar-refractivity contribution in [3.05, 3.63) is 23.8 Å². The van der Waals surface area contributed by atoms with Crippen LogP contribution in [0.4, 0.5) is 0 Å². The first kappa shape index (κ1) is 14.2. The van der Waals surface area contributed by atoms with Crippen LogP contribution >= 0.6 is 0 Å². The summed E-state index contributed by atoms with van der Waals surface area (Å²) in [6.45, 7) is 6.87. The Labute approximate surface area is 116 Å². The number of hydrogen-bond donors (Lipinski definition) is 1. The third-order valence-corrected chi connectivity index (χ3v) is 3.54. The molecular formula is C16H25NO2. The van der Waals surface area contributed by atoms with Gasteiger partial charge in [-0.1, -0.05) is 26.3 Å². The van der Waals surface area contributed by atoms with Gasteiger partial charge in [0.05, 0.1) is 13.2 Å². The molecule has 0 spiro atoms. The SMILES string of the molecule is CCCC(CC)NCc1ccc2c(c1)OCCCO2. The van der Waals surface area contributed by atoms with Gasteiger partial charge in [-0.3, -0.25) is 0 Å². The van der Waals surface area contributed by atoms with Crippen molar-refractivity contribution in [2.75, 3.05) is 13.2 Å². The van der Waals surface area contributed by atoms with Crippen LogP contribution in [0, 0.1) is 0 Å². The first-order chi connectivity index (χ1) is 9.33. The van der Waals surface area contributed by atoms with E-state index in [-0.39, 0.29) is 0 Å². The molecule has 0 bridgehead atoms. The summed E-state index contributed by atoms with van der Waals surface area (Å²) in [6.07, 6.45) is 4.60. The van der Waals surface area contributed by atoms with Gasteiger partial charge in [-0.05, 0) is 30.5 Å². The van der Waals surface area contributed by atoms with Crippen molar-refractivity contribution in [3.63, 3.8) is 0 Å². The lowest BCUT2D eigenvalue weighted by molar-refractivity contribution is 0.297. The zero-order valence-electron chi connectivity index (χ0n) is 12.1. The van der Waals surface area contributed by atoms with Crippen molar-refractivity contribution in [3.8, 4) is 11.5 Å². The fraction of sp³-hybridized carbons (Fsp3) is 0.625. The molecule has 0 saturated heterocycles. The fourth-order valence-corrected chi connectivity index (χ4v) is 2.38. The van der Waals surface area contributed by atoms with Crippen LogP contribution in [-0.4, -0.2) is 19.3 Å². The minimum atomic E-state index is 0.612. The van der Waals surface area contributed by atoms with Gasteiger partial charge >= 0.3 is 0 Å². The van der Waals surface area contributed by atoms with E-state index in [9.17, 15) is 0 Å². The smallest absolute Gasteiger partial charge is 0.161 e. The number of rotatable bonds is 6. The Hall–Kier alpha value is -1.22. The Morgan fingerprint density at radius 3 is 2.68 bits per heavy atom. The molecule has 1 aromatic rings. The van der Waals surface area contributed by atoms with E-state index in [2.05, 4.69) is 31.3 Å². The van der Waals surface area contributed by atoms with E-state index in [0.29, 0.717) is 6.04 Å². The van der Waals surface area contributed by atoms with Crippen LogP contribution in [0.1, 0.15) is 45.1 Å². The third kappa shape index (κ3) is 4.13. The quantitative estimate of drug-likeness (QED) is 0.852. The average molecular weight is 263 g/mol. The molecule has 1 unspecified atom stereocenters. The molecule has 0 saturated carbocycles. The largest absolute Gasteiger partial charge is 0.490 e. The van der Waals surface area contributed by atoms with Crippen molar-refractivity contribution in [1.29, 1.82) is 0 Å². The van der Waals surface area contributed by atoms with Crippen LogP contribution in [0.25, 0.3) is 0 Å². The first-order valence-corrected chi connectivity index (χ1v) is 7.45. The number of nitrogens with one attached hydrogen (secondary N) is 1. The van der Waals surface area contributed by atoms with Gasteiger partial charge in [0.2, 0.25) is 0 Å². The zero-order chi connectivity index (χ0) is 13.5. The van der Waals surface area contributed by atoms with Gasteiger partial charge in [-0.15, -0.1) is 0 Å². The molecule has 0 fully saturated rings. The number of fused-ring (bicyclic) bond motifs is 1. The molecule has 1 heterocycles. The Kier molecular flexibility index (Phi) is 5.52. The fourth-order valence-electron chi connectivity index (χ4n) is 2.38. The lowest BCUT2D eigenvalue weighted by Crippen LogP contribution is -2.27. The molecule has 0 aromatic heterocycles. The Bertz CT molecular complexity index is 392. The highest BCUT2D eigenvalue weighted by Crippen LogP contribution is 2.30. The molecule has 106 valence electrons. The maximum atomic E-state index is 5.72. The second-order valence-electron chi connectivity index (χ2n) is 5.11. The average Bonchev–Trinajstić information content (AvgIpc) is 2.68. The van der Waals surface area contributed by atoms with E-state index in [1.165, 1.54) is 24.8 Å². The lowest BCUT2D eigenvalue weighted by atomic mass is 10.1. The Morgan fingerprint density at radius 2 is 1.95 bits per heavy atom. The van der Waals surface area contributed by atoms with Crippen LogP contribution < -0.4 is 14.8 Å². The molecule has 1 aromatic carbocycles. The molecule has 2 rings (SSSR count). The molecule has 0 amide bonds. The normalized spacial score (nSPS) is 15.9. The molecule has 0 radical (unpaired) electrons. The standard InChI is InChI=1S/C16H25NO2/c1-3-6-14(4-2)17-12-13-7-8-15-16(11-13)19-10-5-9-18-15/h7-8,11,14,17H,3-6,9-10,12H2,1-2H3. The summed E-state index contributed by atoms with van der Waals surface area (Å²) < 4.78 is 11.4. The summed E-state index contributed by atoms with van der Waals surface area (Å²) in [5.41, 5.74) is 1.26. The van der Waals surface area contributed by atoms with Crippen LogP contribution in [0.2, 0.25) is 0 Å². The van der Waals surface area contributed by atoms with Crippen LogP contribution in [-0.2, 0) is 6.54 Å². The first-order valence-electron chi connectivity index (χ1n) is 7.45. The second kappa shape index (κ2) is 7.39. The summed E-state index contributed by atoms with van der Waals surface area (Å²) in [5, 5.41) is 3.61. The van der Waals surface area contributed by atoms with Gasteiger partial charge in [0, 0.05) is 19.0 Å². The van der Waals surface area contributed by atoms with Gasteiger partial charge in [0.15, 0.2) is 11.5 Å². The highest BCUT2D eigenvalue weighted by molar-refractivity contribution is 5.43. The van der Waals surface area contributed by atoms with E-state index in [4.69, 9.17) is 9.47 Å². The summed E-state index contributed by atoms with van der Waals surface area (Å²) >= 11 is 0. The third-order valence-electron chi connectivity index (χ3n) is 3.54. The summed E-state index contributed by atoms with van der Waals surface area (Å²) in [4.78, 5) is 0. The van der Waals surface area contributed by atoms with Crippen LogP contribution in [0.5, 0.6) is 11.5 Å². The molecule has 1 aliphatic rings. The minimum absolute atomic E-state index is 0.612. The van der Waals surface area contributed by atoms with E-state index in [1.54, 1.807) is 0 Å². The van der Waals surface area contributed by atoms with Crippen LogP contribution in [0.3, 0.4) is 0 Å². The molecule has 0 aliphatic carbocycles. The van der Waals surface area contributed by atoms with E-state index in [0.717, 1.165) is 37.7 Å². The van der Waals surface area contributed by atoms with Crippen molar-refractivity contribution in [2.45, 2.75) is 52.1 Å². The Balaban J connectivity index is 1.95. The molecule has 19 heavy (non-hydrogen) atoms. The highest BCUT2D eigenvalue weighted by atomic mass is 16.5. The van der Waals surface area contributed by atoms with Crippen molar-refractivity contribution >= 4 is 0 Å². The van der Waals surface area contributed by atoms with Crippen molar-refractivity contribution in [2.24, 2.45) is 0 Å². The lowest BCUT2D eigenvalue weighted by Gasteiger charge is -2.16. The number of ether oxygens (including phenoxy) is 2. The van der Waals surface area contributed by atoms with Gasteiger partial charge in [0.1, 0.15) is 0 Å². The van der Waals surface area contributed by atoms with Gasteiger partial charge < -0.3 is 14.8 Å². The Morgan fingerprint density at radius 1 is 1.16 bits per heavy atom. The monoisotopic (exact) mass is 263 g/mol. The minimum Gasteiger partial charge on any atom is -0.490 e.